The lowest BCUT2D eigenvalue weighted by Gasteiger charge is -2.11. The molecule has 5 nitrogen and oxygen atoms in total. The molecule has 0 atom stereocenters. The number of benzene rings is 3. The van der Waals surface area contributed by atoms with Crippen molar-refractivity contribution in [3.8, 4) is 11.5 Å². The predicted octanol–water partition coefficient (Wildman–Crippen LogP) is 6.58. The molecule has 0 aromatic heterocycles. The zero-order valence-electron chi connectivity index (χ0n) is 17.0. The van der Waals surface area contributed by atoms with E-state index < -0.39 is 0 Å². The molecule has 1 amide bonds. The third kappa shape index (κ3) is 5.54. The summed E-state index contributed by atoms with van der Waals surface area (Å²) >= 11 is 10.7. The molecule has 0 saturated carbocycles. The average Bonchev–Trinajstić information content (AvgIpc) is 3.14. The molecule has 3 aromatic rings. The number of halogens is 2. The number of para-hydroxylation sites is 1. The van der Waals surface area contributed by atoms with E-state index in [2.05, 4.69) is 26.2 Å². The summed E-state index contributed by atoms with van der Waals surface area (Å²) < 4.78 is 12.2. The second-order valence-corrected chi connectivity index (χ2v) is 9.08. The Hall–Kier alpha value is -2.74. The van der Waals surface area contributed by atoms with Gasteiger partial charge in [-0.1, -0.05) is 41.9 Å². The number of nitrogens with zero attached hydrogens (tertiary/aromatic N) is 1. The first kappa shape index (κ1) is 22.5. The topological polar surface area (TPSA) is 59.9 Å². The van der Waals surface area contributed by atoms with Gasteiger partial charge in [0.15, 0.2) is 16.7 Å². The van der Waals surface area contributed by atoms with Crippen molar-refractivity contribution >= 4 is 62.1 Å². The standard InChI is InChI=1S/C24H18BrClN2O3S/c1-30-21-12-16(8-11-20(21)31-14-15-6-9-17(26)10-7-15)13-22-23(29)28-24(32-22)27-19-5-3-2-4-18(19)25/h2-13H,14H2,1H3,(H,27,28,29). The Labute approximate surface area is 203 Å². The van der Waals surface area contributed by atoms with Crippen LogP contribution >= 0.6 is 39.3 Å². The third-order valence-corrected chi connectivity index (χ3v) is 6.35. The van der Waals surface area contributed by atoms with Crippen molar-refractivity contribution in [3.05, 3.63) is 92.3 Å². The van der Waals surface area contributed by atoms with Crippen LogP contribution in [0.15, 0.2) is 81.1 Å². The largest absolute Gasteiger partial charge is 0.493 e. The SMILES string of the molecule is COc1cc(C=C2SC(=Nc3ccccc3Br)NC2=O)ccc1OCc1ccc(Cl)cc1. The molecule has 0 spiro atoms. The van der Waals surface area contributed by atoms with Gasteiger partial charge in [0, 0.05) is 9.50 Å². The summed E-state index contributed by atoms with van der Waals surface area (Å²) in [4.78, 5) is 17.5. The van der Waals surface area contributed by atoms with Crippen LogP contribution in [0.25, 0.3) is 6.08 Å². The van der Waals surface area contributed by atoms with Crippen LogP contribution in [-0.4, -0.2) is 18.2 Å². The molecule has 0 radical (unpaired) electrons. The van der Waals surface area contributed by atoms with Crippen molar-refractivity contribution in [2.24, 2.45) is 4.99 Å². The molecule has 3 aromatic carbocycles. The summed E-state index contributed by atoms with van der Waals surface area (Å²) in [7, 11) is 1.58. The number of carbonyl (C=O) groups is 1. The molecule has 1 fully saturated rings. The molecule has 162 valence electrons. The highest BCUT2D eigenvalue weighted by Crippen LogP contribution is 2.33. The highest BCUT2D eigenvalue weighted by atomic mass is 79.9. The van der Waals surface area contributed by atoms with Crippen molar-refractivity contribution in [1.82, 2.24) is 5.32 Å². The van der Waals surface area contributed by atoms with Crippen LogP contribution in [0.1, 0.15) is 11.1 Å². The van der Waals surface area contributed by atoms with Gasteiger partial charge in [0.25, 0.3) is 5.91 Å². The van der Waals surface area contributed by atoms with Crippen molar-refractivity contribution in [3.63, 3.8) is 0 Å². The number of thioether (sulfide) groups is 1. The third-order valence-electron chi connectivity index (χ3n) is 4.52. The first-order valence-electron chi connectivity index (χ1n) is 9.61. The maximum atomic E-state index is 12.4. The molecule has 4 rings (SSSR count). The van der Waals surface area contributed by atoms with E-state index in [4.69, 9.17) is 21.1 Å². The molecule has 1 N–H and O–H groups in total. The van der Waals surface area contributed by atoms with Crippen molar-refractivity contribution in [2.75, 3.05) is 7.11 Å². The second-order valence-electron chi connectivity index (χ2n) is 6.76. The van der Waals surface area contributed by atoms with Gasteiger partial charge in [-0.2, -0.15) is 0 Å². The van der Waals surface area contributed by atoms with E-state index in [0.29, 0.717) is 33.2 Å². The van der Waals surface area contributed by atoms with E-state index in [0.717, 1.165) is 21.3 Å². The first-order chi connectivity index (χ1) is 15.5. The number of hydrogen-bond donors (Lipinski definition) is 1. The molecule has 0 bridgehead atoms. The van der Waals surface area contributed by atoms with Gasteiger partial charge in [-0.3, -0.25) is 4.79 Å². The lowest BCUT2D eigenvalue weighted by atomic mass is 10.2. The average molecular weight is 530 g/mol. The Morgan fingerprint density at radius 3 is 2.62 bits per heavy atom. The fourth-order valence-corrected chi connectivity index (χ4v) is 4.25. The van der Waals surface area contributed by atoms with Gasteiger partial charge >= 0.3 is 0 Å². The van der Waals surface area contributed by atoms with Crippen LogP contribution in [0.3, 0.4) is 0 Å². The molecule has 1 aliphatic heterocycles. The Balaban J connectivity index is 1.49. The molecule has 1 aliphatic rings. The van der Waals surface area contributed by atoms with E-state index >= 15 is 0 Å². The van der Waals surface area contributed by atoms with Crippen molar-refractivity contribution < 1.29 is 14.3 Å². The zero-order valence-corrected chi connectivity index (χ0v) is 20.1. The van der Waals surface area contributed by atoms with E-state index in [1.165, 1.54) is 11.8 Å². The molecule has 8 heteroatoms. The van der Waals surface area contributed by atoms with Crippen LogP contribution in [0, 0.1) is 0 Å². The fourth-order valence-electron chi connectivity index (χ4n) is 2.92. The van der Waals surface area contributed by atoms with E-state index in [-0.39, 0.29) is 5.91 Å². The van der Waals surface area contributed by atoms with Gasteiger partial charge in [0.05, 0.1) is 17.7 Å². The number of nitrogens with one attached hydrogen (secondary N) is 1. The molecule has 1 saturated heterocycles. The minimum Gasteiger partial charge on any atom is -0.493 e. The number of aliphatic imine (C=N–C) groups is 1. The lowest BCUT2D eigenvalue weighted by molar-refractivity contribution is -0.115. The monoisotopic (exact) mass is 528 g/mol. The molecular formula is C24H18BrClN2O3S. The summed E-state index contributed by atoms with van der Waals surface area (Å²) in [5.74, 6) is 1.01. The Morgan fingerprint density at radius 2 is 1.88 bits per heavy atom. The minimum absolute atomic E-state index is 0.192. The molecular weight excluding hydrogens is 512 g/mol. The summed E-state index contributed by atoms with van der Waals surface area (Å²) in [6.07, 6.45) is 1.80. The van der Waals surface area contributed by atoms with Gasteiger partial charge in [0.1, 0.15) is 6.61 Å². The predicted molar refractivity (Wildman–Crippen MR) is 134 cm³/mol. The van der Waals surface area contributed by atoms with Crippen LogP contribution in [-0.2, 0) is 11.4 Å². The van der Waals surface area contributed by atoms with Gasteiger partial charge in [-0.05, 0) is 81.3 Å². The molecule has 0 aliphatic carbocycles. The number of hydrogen-bond acceptors (Lipinski definition) is 5. The van der Waals surface area contributed by atoms with Crippen LogP contribution in [0.5, 0.6) is 11.5 Å². The second kappa shape index (κ2) is 10.3. The van der Waals surface area contributed by atoms with Crippen molar-refractivity contribution in [2.45, 2.75) is 6.61 Å². The fraction of sp³-hybridized carbons (Fsp3) is 0.0833. The number of carbonyl (C=O) groups excluding carboxylic acids is 1. The van der Waals surface area contributed by atoms with Gasteiger partial charge in [0.2, 0.25) is 0 Å². The Bertz CT molecular complexity index is 1210. The van der Waals surface area contributed by atoms with Gasteiger partial charge < -0.3 is 14.8 Å². The van der Waals surface area contributed by atoms with E-state index in [9.17, 15) is 4.79 Å². The highest BCUT2D eigenvalue weighted by molar-refractivity contribution is 9.10. The number of ether oxygens (including phenoxy) is 2. The van der Waals surface area contributed by atoms with Crippen LogP contribution in [0.2, 0.25) is 5.02 Å². The molecule has 0 unspecified atom stereocenters. The Morgan fingerprint density at radius 1 is 1.09 bits per heavy atom. The summed E-state index contributed by atoms with van der Waals surface area (Å²) in [6, 6.07) is 20.6. The number of amides is 1. The summed E-state index contributed by atoms with van der Waals surface area (Å²) in [5, 5.41) is 4.01. The number of amidine groups is 1. The number of methoxy groups -OCH3 is 1. The van der Waals surface area contributed by atoms with Crippen molar-refractivity contribution in [1.29, 1.82) is 0 Å². The van der Waals surface area contributed by atoms with Gasteiger partial charge in [-0.25, -0.2) is 4.99 Å². The molecule has 32 heavy (non-hydrogen) atoms. The quantitative estimate of drug-likeness (QED) is 0.366. The summed E-state index contributed by atoms with van der Waals surface area (Å²) in [6.45, 7) is 0.390. The summed E-state index contributed by atoms with van der Waals surface area (Å²) in [5.41, 5.74) is 2.57. The zero-order chi connectivity index (χ0) is 22.5. The maximum Gasteiger partial charge on any atom is 0.264 e. The maximum absolute atomic E-state index is 12.4. The van der Waals surface area contributed by atoms with Gasteiger partial charge in [-0.15, -0.1) is 0 Å². The van der Waals surface area contributed by atoms with E-state index in [1.807, 2.05) is 66.7 Å². The van der Waals surface area contributed by atoms with Crippen LogP contribution in [0.4, 0.5) is 5.69 Å². The normalized spacial score (nSPS) is 15.8. The number of rotatable bonds is 6. The first-order valence-corrected chi connectivity index (χ1v) is 11.6. The smallest absolute Gasteiger partial charge is 0.264 e. The minimum atomic E-state index is -0.192. The Kier molecular flexibility index (Phi) is 7.19. The molecule has 1 heterocycles. The van der Waals surface area contributed by atoms with E-state index in [1.54, 1.807) is 13.2 Å². The van der Waals surface area contributed by atoms with Crippen LogP contribution < -0.4 is 14.8 Å². The highest BCUT2D eigenvalue weighted by Gasteiger charge is 2.24. The lowest BCUT2D eigenvalue weighted by Crippen LogP contribution is -2.19.